The molecule has 0 saturated heterocycles. The van der Waals surface area contributed by atoms with E-state index in [0.29, 0.717) is 22.6 Å². The van der Waals surface area contributed by atoms with E-state index in [1.54, 1.807) is 12.1 Å². The summed E-state index contributed by atoms with van der Waals surface area (Å²) in [5.41, 5.74) is -3.59. The quantitative estimate of drug-likeness (QED) is 0.289. The van der Waals surface area contributed by atoms with Crippen LogP contribution in [-0.4, -0.2) is 43.8 Å². The van der Waals surface area contributed by atoms with Gasteiger partial charge in [-0.15, -0.1) is 0 Å². The van der Waals surface area contributed by atoms with Gasteiger partial charge in [0.2, 0.25) is 23.0 Å². The van der Waals surface area contributed by atoms with Gasteiger partial charge < -0.3 is 38.6 Å². The molecule has 8 heteroatoms. The van der Waals surface area contributed by atoms with E-state index in [9.17, 15) is 10.2 Å². The van der Waals surface area contributed by atoms with Crippen LogP contribution in [-0.2, 0) is 5.41 Å². The lowest BCUT2D eigenvalue weighted by Crippen LogP contribution is -2.32. The monoisotopic (exact) mass is 660 g/mol. The molecule has 268 valence electrons. The first-order valence-electron chi connectivity index (χ1n) is 16.6. The van der Waals surface area contributed by atoms with Crippen LogP contribution in [0.3, 0.4) is 0 Å². The molecule has 0 fully saturated rings. The van der Waals surface area contributed by atoms with E-state index >= 15 is 0 Å². The number of phenolic OH excluding ortho intramolecular Hbond substituents is 2. The second-order valence-corrected chi connectivity index (χ2v) is 18.8. The molecule has 2 aromatic carbocycles. The van der Waals surface area contributed by atoms with Crippen LogP contribution in [0.1, 0.15) is 150 Å². The molecular weight excluding hydrogens is 596 g/mol. The second kappa shape index (κ2) is 12.7. The molecule has 0 atom stereocenters. The van der Waals surface area contributed by atoms with Gasteiger partial charge in [-0.3, -0.25) is 0 Å². The smallest absolute Gasteiger partial charge is 0.208 e. The van der Waals surface area contributed by atoms with Crippen molar-refractivity contribution in [1.82, 2.24) is 0 Å². The van der Waals surface area contributed by atoms with Crippen molar-refractivity contribution in [1.29, 1.82) is 0 Å². The maximum absolute atomic E-state index is 11.7. The fraction of sp³-hybridized carbons (Fsp3) is 0.692. The first-order chi connectivity index (χ1) is 20.6. The number of hydrogen-bond acceptors (Lipinski definition) is 8. The maximum atomic E-state index is 11.7. The Hall–Kier alpha value is -3.16. The normalized spacial score (nSPS) is 13.7. The molecule has 0 heterocycles. The molecule has 0 saturated carbocycles. The number of hydrogen-bond donors (Lipinski definition) is 2. The van der Waals surface area contributed by atoms with Gasteiger partial charge in [-0.05, 0) is 137 Å². The van der Waals surface area contributed by atoms with Crippen molar-refractivity contribution in [2.45, 2.75) is 177 Å². The lowest BCUT2D eigenvalue weighted by atomic mass is 9.76. The molecule has 0 aliphatic carbocycles. The van der Waals surface area contributed by atoms with Gasteiger partial charge >= 0.3 is 0 Å². The van der Waals surface area contributed by atoms with Crippen molar-refractivity contribution in [3.63, 3.8) is 0 Å². The van der Waals surface area contributed by atoms with E-state index < -0.39 is 39.0 Å². The summed E-state index contributed by atoms with van der Waals surface area (Å²) in [6.07, 6.45) is 0. The summed E-state index contributed by atoms with van der Waals surface area (Å²) in [5.74, 6) is 1.26. The highest BCUT2D eigenvalue weighted by atomic mass is 16.6. The highest BCUT2D eigenvalue weighted by Crippen LogP contribution is 2.58. The van der Waals surface area contributed by atoms with E-state index in [2.05, 4.69) is 0 Å². The number of ether oxygens (including phenoxy) is 6. The average molecular weight is 661 g/mol. The van der Waals surface area contributed by atoms with Crippen LogP contribution in [0.25, 0.3) is 0 Å². The SMILES string of the molecule is CC(C)(C)Oc1cc(C(C)(C)c2cc(OC(C)(C)C)c(O)c(OC(C)(C)C)c2OC(C)(C)C)c(OC(C)(C)C)c(OC(C)(C)C)c1O. The molecule has 0 aromatic heterocycles. The molecule has 0 aliphatic heterocycles. The van der Waals surface area contributed by atoms with Crippen molar-refractivity contribution >= 4 is 0 Å². The minimum atomic E-state index is -0.944. The Kier molecular flexibility index (Phi) is 10.8. The van der Waals surface area contributed by atoms with Gasteiger partial charge in [0.1, 0.15) is 33.6 Å². The number of rotatable bonds is 8. The summed E-state index contributed by atoms with van der Waals surface area (Å²) in [6.45, 7) is 38.7. The van der Waals surface area contributed by atoms with Crippen molar-refractivity contribution in [3.05, 3.63) is 23.3 Å². The Morgan fingerprint density at radius 2 is 0.553 bits per heavy atom. The van der Waals surface area contributed by atoms with Crippen LogP contribution >= 0.6 is 0 Å². The third kappa shape index (κ3) is 11.5. The Balaban J connectivity index is 3.30. The third-order valence-electron chi connectivity index (χ3n) is 6.16. The molecule has 47 heavy (non-hydrogen) atoms. The molecule has 0 bridgehead atoms. The predicted molar refractivity (Wildman–Crippen MR) is 191 cm³/mol. The van der Waals surface area contributed by atoms with Gasteiger partial charge in [0.15, 0.2) is 23.0 Å². The summed E-state index contributed by atoms with van der Waals surface area (Å²) in [7, 11) is 0. The van der Waals surface area contributed by atoms with Crippen LogP contribution in [0, 0.1) is 0 Å². The standard InChI is InChI=1S/C39H64O8/c1-33(2,3)42-25-21-23(29(44-35(7,8)9)31(27(25)40)46-37(13,14)15)39(19,20)24-22-26(43-34(4,5)6)28(41)32(47-38(16,17)18)30(24)45-36(10,11)12/h21-22,40-41H,1-20H3. The second-order valence-electron chi connectivity index (χ2n) is 18.8. The van der Waals surface area contributed by atoms with E-state index in [-0.39, 0.29) is 34.5 Å². The van der Waals surface area contributed by atoms with Crippen molar-refractivity contribution in [3.8, 4) is 46.0 Å². The van der Waals surface area contributed by atoms with Crippen molar-refractivity contribution in [2.24, 2.45) is 0 Å². The summed E-state index contributed by atoms with van der Waals surface area (Å²) >= 11 is 0. The zero-order valence-electron chi connectivity index (χ0n) is 33.0. The van der Waals surface area contributed by atoms with Gasteiger partial charge in [0.25, 0.3) is 0 Å². The maximum Gasteiger partial charge on any atom is 0.208 e. The largest absolute Gasteiger partial charge is 0.502 e. The molecular formula is C39H64O8. The molecule has 0 unspecified atom stereocenters. The van der Waals surface area contributed by atoms with Gasteiger partial charge in [-0.2, -0.15) is 0 Å². The highest BCUT2D eigenvalue weighted by molar-refractivity contribution is 5.70. The van der Waals surface area contributed by atoms with Crippen LogP contribution in [0.5, 0.6) is 46.0 Å². The molecule has 8 nitrogen and oxygen atoms in total. The van der Waals surface area contributed by atoms with Gasteiger partial charge in [-0.25, -0.2) is 0 Å². The topological polar surface area (TPSA) is 95.8 Å². The molecule has 2 aromatic rings. The minimum Gasteiger partial charge on any atom is -0.502 e. The van der Waals surface area contributed by atoms with Gasteiger partial charge in [0.05, 0.1) is 0 Å². The number of benzene rings is 2. The van der Waals surface area contributed by atoms with Crippen LogP contribution in [0.4, 0.5) is 0 Å². The number of phenols is 2. The van der Waals surface area contributed by atoms with Gasteiger partial charge in [0, 0.05) is 16.5 Å². The lowest BCUT2D eigenvalue weighted by molar-refractivity contribution is 0.0832. The lowest BCUT2D eigenvalue weighted by Gasteiger charge is -2.38. The van der Waals surface area contributed by atoms with E-state index in [1.807, 2.05) is 138 Å². The Labute approximate surface area is 285 Å². The van der Waals surface area contributed by atoms with E-state index in [1.165, 1.54) is 0 Å². The predicted octanol–water partition coefficient (Wildman–Crippen LogP) is 10.5. The first-order valence-corrected chi connectivity index (χ1v) is 16.6. The Morgan fingerprint density at radius 3 is 0.766 bits per heavy atom. The summed E-state index contributed by atoms with van der Waals surface area (Å²) in [6, 6.07) is 3.61. The molecule has 2 N–H and O–H groups in total. The molecule has 0 aliphatic rings. The Morgan fingerprint density at radius 1 is 0.340 bits per heavy atom. The summed E-state index contributed by atoms with van der Waals surface area (Å²) in [4.78, 5) is 0. The highest BCUT2D eigenvalue weighted by Gasteiger charge is 2.41. The van der Waals surface area contributed by atoms with Crippen molar-refractivity contribution < 1.29 is 38.6 Å². The fourth-order valence-corrected chi connectivity index (χ4v) is 4.72. The van der Waals surface area contributed by atoms with Crippen LogP contribution in [0.15, 0.2) is 12.1 Å². The fourth-order valence-electron chi connectivity index (χ4n) is 4.72. The molecule has 0 amide bonds. The van der Waals surface area contributed by atoms with Crippen molar-refractivity contribution in [2.75, 3.05) is 0 Å². The Bertz CT molecular complexity index is 1300. The molecule has 0 spiro atoms. The van der Waals surface area contributed by atoms with Crippen LogP contribution in [0.2, 0.25) is 0 Å². The zero-order valence-corrected chi connectivity index (χ0v) is 33.0. The van der Waals surface area contributed by atoms with E-state index in [0.717, 1.165) is 0 Å². The van der Waals surface area contributed by atoms with E-state index in [4.69, 9.17) is 28.4 Å². The zero-order chi connectivity index (χ0) is 36.9. The molecule has 2 rings (SSSR count). The summed E-state index contributed by atoms with van der Waals surface area (Å²) < 4.78 is 39.0. The van der Waals surface area contributed by atoms with Gasteiger partial charge in [-0.1, -0.05) is 13.8 Å². The summed E-state index contributed by atoms with van der Waals surface area (Å²) in [5, 5.41) is 23.4. The number of aromatic hydroxyl groups is 2. The van der Waals surface area contributed by atoms with Crippen LogP contribution < -0.4 is 28.4 Å². The first kappa shape index (κ1) is 40.0. The average Bonchev–Trinajstić information content (AvgIpc) is 2.77. The molecule has 0 radical (unpaired) electrons. The minimum absolute atomic E-state index is 0.154. The third-order valence-corrected chi connectivity index (χ3v) is 6.16.